The summed E-state index contributed by atoms with van der Waals surface area (Å²) in [5, 5.41) is 0.727. The number of carbonyl (C=O) groups is 2. The Kier molecular flexibility index (Phi) is 6.95. The quantitative estimate of drug-likeness (QED) is 0.574. The maximum Gasteiger partial charge on any atom is 0.337 e. The molecule has 3 rings (SSSR count). The van der Waals surface area contributed by atoms with Crippen LogP contribution in [0.1, 0.15) is 15.9 Å². The smallest absolute Gasteiger partial charge is 0.337 e. The van der Waals surface area contributed by atoms with Crippen molar-refractivity contribution in [1.29, 1.82) is 0 Å². The number of esters is 1. The lowest BCUT2D eigenvalue weighted by Gasteiger charge is -2.34. The highest BCUT2D eigenvalue weighted by molar-refractivity contribution is 6.30. The van der Waals surface area contributed by atoms with Crippen LogP contribution in [0.15, 0.2) is 42.5 Å². The van der Waals surface area contributed by atoms with Gasteiger partial charge in [-0.25, -0.2) is 4.79 Å². The van der Waals surface area contributed by atoms with Crippen LogP contribution in [0.25, 0.3) is 0 Å². The largest absolute Gasteiger partial charge is 0.482 e. The zero-order chi connectivity index (χ0) is 20.8. The van der Waals surface area contributed by atoms with Gasteiger partial charge in [0.15, 0.2) is 6.61 Å². The Labute approximate surface area is 174 Å². The van der Waals surface area contributed by atoms with Crippen molar-refractivity contribution in [1.82, 2.24) is 9.80 Å². The summed E-state index contributed by atoms with van der Waals surface area (Å²) in [6, 6.07) is 12.4. The van der Waals surface area contributed by atoms with Gasteiger partial charge in [-0.15, -0.1) is 0 Å². The van der Waals surface area contributed by atoms with Crippen LogP contribution in [0.4, 0.5) is 5.69 Å². The second kappa shape index (κ2) is 9.62. The van der Waals surface area contributed by atoms with Gasteiger partial charge in [0.2, 0.25) is 0 Å². The molecule has 2 aromatic rings. The van der Waals surface area contributed by atoms with E-state index in [4.69, 9.17) is 22.1 Å². The molecule has 0 spiro atoms. The van der Waals surface area contributed by atoms with E-state index in [0.717, 1.165) is 24.7 Å². The number of amides is 1. The van der Waals surface area contributed by atoms with Gasteiger partial charge in [0.1, 0.15) is 5.75 Å². The Balaban J connectivity index is 1.46. The molecular weight excluding hydrogens is 394 g/mol. The summed E-state index contributed by atoms with van der Waals surface area (Å²) in [4.78, 5) is 28.1. The molecule has 154 valence electrons. The topological polar surface area (TPSA) is 85.1 Å². The van der Waals surface area contributed by atoms with Crippen LogP contribution >= 0.6 is 11.6 Å². The highest BCUT2D eigenvalue weighted by atomic mass is 35.5. The molecule has 0 unspecified atom stereocenters. The van der Waals surface area contributed by atoms with Crippen LogP contribution in [0.3, 0.4) is 0 Å². The van der Waals surface area contributed by atoms with Crippen molar-refractivity contribution < 1.29 is 19.1 Å². The molecule has 1 amide bonds. The third-order valence-electron chi connectivity index (χ3n) is 4.83. The van der Waals surface area contributed by atoms with Gasteiger partial charge >= 0.3 is 5.97 Å². The number of carbonyl (C=O) groups excluding carboxylic acids is 2. The van der Waals surface area contributed by atoms with E-state index < -0.39 is 5.97 Å². The lowest BCUT2D eigenvalue weighted by molar-refractivity contribution is -0.135. The van der Waals surface area contributed by atoms with Crippen molar-refractivity contribution in [2.45, 2.75) is 6.54 Å². The number of nitrogens with zero attached hydrogens (tertiary/aromatic N) is 2. The summed E-state index contributed by atoms with van der Waals surface area (Å²) in [6.07, 6.45) is 0. The molecule has 7 nitrogen and oxygen atoms in total. The normalized spacial score (nSPS) is 14.5. The zero-order valence-corrected chi connectivity index (χ0v) is 17.0. The molecule has 1 fully saturated rings. The van der Waals surface area contributed by atoms with Crippen LogP contribution in [0.2, 0.25) is 5.02 Å². The Morgan fingerprint density at radius 1 is 1.07 bits per heavy atom. The third kappa shape index (κ3) is 5.62. The summed E-state index contributed by atoms with van der Waals surface area (Å²) in [5.74, 6) is -0.198. The molecule has 0 bridgehead atoms. The van der Waals surface area contributed by atoms with Crippen LogP contribution in [-0.2, 0) is 16.1 Å². The maximum absolute atomic E-state index is 12.5. The number of nitrogens with two attached hydrogens (primary N) is 1. The molecule has 0 aliphatic carbocycles. The fourth-order valence-corrected chi connectivity index (χ4v) is 3.28. The lowest BCUT2D eigenvalue weighted by atomic mass is 10.2. The molecule has 8 heteroatoms. The second-order valence-electron chi connectivity index (χ2n) is 6.82. The molecule has 0 radical (unpaired) electrons. The second-order valence-corrected chi connectivity index (χ2v) is 7.25. The van der Waals surface area contributed by atoms with Crippen molar-refractivity contribution in [3.63, 3.8) is 0 Å². The number of hydrogen-bond acceptors (Lipinski definition) is 6. The number of nitrogen functional groups attached to an aromatic ring is 1. The summed E-state index contributed by atoms with van der Waals surface area (Å²) in [6.45, 7) is 3.62. The first-order valence-electron chi connectivity index (χ1n) is 9.31. The van der Waals surface area contributed by atoms with E-state index in [1.165, 1.54) is 18.7 Å². The van der Waals surface area contributed by atoms with Crippen LogP contribution in [-0.4, -0.2) is 61.6 Å². The monoisotopic (exact) mass is 417 g/mol. The number of benzene rings is 2. The van der Waals surface area contributed by atoms with Crippen molar-refractivity contribution >= 4 is 29.2 Å². The molecule has 29 heavy (non-hydrogen) atoms. The molecule has 0 atom stereocenters. The Morgan fingerprint density at radius 2 is 1.76 bits per heavy atom. The number of hydrogen-bond donors (Lipinski definition) is 1. The highest BCUT2D eigenvalue weighted by Gasteiger charge is 2.21. The summed E-state index contributed by atoms with van der Waals surface area (Å²) in [7, 11) is 1.30. The molecule has 1 saturated heterocycles. The maximum atomic E-state index is 12.5. The minimum absolute atomic E-state index is 0.0902. The van der Waals surface area contributed by atoms with Gasteiger partial charge in [-0.1, -0.05) is 23.7 Å². The number of methoxy groups -OCH3 is 1. The minimum atomic E-state index is -0.476. The van der Waals surface area contributed by atoms with E-state index in [9.17, 15) is 9.59 Å². The highest BCUT2D eigenvalue weighted by Crippen LogP contribution is 2.23. The molecule has 1 aliphatic heterocycles. The molecule has 1 heterocycles. The fraction of sp³-hybridized carbons (Fsp3) is 0.333. The standard InChI is InChI=1S/C21H24ClN3O4/c1-28-21(27)16-4-7-19(18(23)12-16)29-14-20(26)25-10-8-24(9-11-25)13-15-2-5-17(22)6-3-15/h2-7,12H,8-11,13-14,23H2,1H3. The van der Waals surface area contributed by atoms with Crippen molar-refractivity contribution in [3.05, 3.63) is 58.6 Å². The summed E-state index contributed by atoms with van der Waals surface area (Å²) in [5.41, 5.74) is 7.72. The van der Waals surface area contributed by atoms with E-state index in [1.54, 1.807) is 17.0 Å². The van der Waals surface area contributed by atoms with Gasteiger partial charge < -0.3 is 20.1 Å². The molecule has 1 aliphatic rings. The van der Waals surface area contributed by atoms with E-state index in [1.807, 2.05) is 24.3 Å². The molecular formula is C21H24ClN3O4. The van der Waals surface area contributed by atoms with Crippen LogP contribution < -0.4 is 10.5 Å². The van der Waals surface area contributed by atoms with Gasteiger partial charge in [-0.05, 0) is 35.9 Å². The number of piperazine rings is 1. The Hall–Kier alpha value is -2.77. The van der Waals surface area contributed by atoms with Crippen molar-refractivity contribution in [2.24, 2.45) is 0 Å². The Morgan fingerprint density at radius 3 is 2.38 bits per heavy atom. The van der Waals surface area contributed by atoms with E-state index in [-0.39, 0.29) is 18.2 Å². The average Bonchev–Trinajstić information content (AvgIpc) is 2.74. The first kappa shape index (κ1) is 21.0. The SMILES string of the molecule is COC(=O)c1ccc(OCC(=O)N2CCN(Cc3ccc(Cl)cc3)CC2)c(N)c1. The first-order chi connectivity index (χ1) is 14.0. The van der Waals surface area contributed by atoms with E-state index in [0.29, 0.717) is 24.4 Å². The Bertz CT molecular complexity index is 865. The number of rotatable bonds is 6. The lowest BCUT2D eigenvalue weighted by Crippen LogP contribution is -2.49. The van der Waals surface area contributed by atoms with Gasteiger partial charge in [-0.2, -0.15) is 0 Å². The fourth-order valence-electron chi connectivity index (χ4n) is 3.16. The molecule has 0 aromatic heterocycles. The van der Waals surface area contributed by atoms with Crippen LogP contribution in [0.5, 0.6) is 5.75 Å². The van der Waals surface area contributed by atoms with Gasteiger partial charge in [0.25, 0.3) is 5.91 Å². The molecule has 2 aromatic carbocycles. The third-order valence-corrected chi connectivity index (χ3v) is 5.08. The number of halogens is 1. The van der Waals surface area contributed by atoms with Gasteiger partial charge in [0, 0.05) is 37.7 Å². The summed E-state index contributed by atoms with van der Waals surface area (Å²) >= 11 is 5.92. The average molecular weight is 418 g/mol. The van der Waals surface area contributed by atoms with Crippen molar-refractivity contribution in [2.75, 3.05) is 45.6 Å². The van der Waals surface area contributed by atoms with E-state index in [2.05, 4.69) is 9.64 Å². The van der Waals surface area contributed by atoms with Gasteiger partial charge in [0.05, 0.1) is 18.4 Å². The predicted octanol–water partition coefficient (Wildman–Crippen LogP) is 2.43. The predicted molar refractivity (Wildman–Crippen MR) is 111 cm³/mol. The number of ether oxygens (including phenoxy) is 2. The van der Waals surface area contributed by atoms with Gasteiger partial charge in [-0.3, -0.25) is 9.69 Å². The summed E-state index contributed by atoms with van der Waals surface area (Å²) < 4.78 is 10.2. The molecule has 0 saturated carbocycles. The first-order valence-corrected chi connectivity index (χ1v) is 9.69. The minimum Gasteiger partial charge on any atom is -0.482 e. The zero-order valence-electron chi connectivity index (χ0n) is 16.3. The van der Waals surface area contributed by atoms with E-state index >= 15 is 0 Å². The molecule has 2 N–H and O–H groups in total. The van der Waals surface area contributed by atoms with Crippen molar-refractivity contribution in [3.8, 4) is 5.75 Å². The van der Waals surface area contributed by atoms with Crippen LogP contribution in [0, 0.1) is 0 Å². The number of anilines is 1.